The summed E-state index contributed by atoms with van der Waals surface area (Å²) in [5, 5.41) is 6.22. The van der Waals surface area contributed by atoms with E-state index in [2.05, 4.69) is 25.6 Å². The van der Waals surface area contributed by atoms with Gasteiger partial charge in [-0.15, -0.1) is 0 Å². The van der Waals surface area contributed by atoms with Crippen LogP contribution in [0, 0.1) is 11.8 Å². The molecule has 8 heteroatoms. The van der Waals surface area contributed by atoms with Crippen LogP contribution < -0.4 is 10.6 Å². The molecule has 4 rings (SSSR count). The van der Waals surface area contributed by atoms with E-state index in [1.807, 2.05) is 0 Å². The molecule has 0 saturated carbocycles. The molecule has 1 aromatic carbocycles. The van der Waals surface area contributed by atoms with Crippen LogP contribution in [-0.2, 0) is 4.74 Å². The summed E-state index contributed by atoms with van der Waals surface area (Å²) in [6.07, 6.45) is 1.35. The Labute approximate surface area is 148 Å². The van der Waals surface area contributed by atoms with Gasteiger partial charge in [0, 0.05) is 24.0 Å². The van der Waals surface area contributed by atoms with Crippen molar-refractivity contribution in [1.29, 1.82) is 0 Å². The number of hydrogen-bond acceptors (Lipinski definition) is 6. The number of halogens is 2. The maximum Gasteiger partial charge on any atom is 0.214 e. The minimum Gasteiger partial charge on any atom is -0.377 e. The molecule has 2 N–H and O–H groups in total. The molecule has 0 amide bonds. The molecule has 0 radical (unpaired) electrons. The van der Waals surface area contributed by atoms with Crippen LogP contribution in [-0.4, -0.2) is 34.2 Å². The molecular weight excluding hydrogens is 340 g/mol. The van der Waals surface area contributed by atoms with Crippen LogP contribution in [0.25, 0.3) is 11.4 Å². The van der Waals surface area contributed by atoms with Crippen LogP contribution in [0.3, 0.4) is 0 Å². The summed E-state index contributed by atoms with van der Waals surface area (Å²) in [6, 6.07) is 11.0. The molecule has 1 aliphatic rings. The van der Waals surface area contributed by atoms with E-state index in [-0.39, 0.29) is 17.4 Å². The maximum atomic E-state index is 14.2. The van der Waals surface area contributed by atoms with Crippen molar-refractivity contribution in [2.24, 2.45) is 0 Å². The van der Waals surface area contributed by atoms with Gasteiger partial charge in [-0.05, 0) is 18.2 Å². The highest BCUT2D eigenvalue weighted by Crippen LogP contribution is 2.25. The Hall–Kier alpha value is -3.13. The van der Waals surface area contributed by atoms with Crippen LogP contribution in [0.5, 0.6) is 0 Å². The highest BCUT2D eigenvalue weighted by molar-refractivity contribution is 5.65. The van der Waals surface area contributed by atoms with Crippen molar-refractivity contribution < 1.29 is 13.5 Å². The first-order chi connectivity index (χ1) is 12.7. The number of hydrogen-bond donors (Lipinski definition) is 2. The van der Waals surface area contributed by atoms with Gasteiger partial charge in [-0.1, -0.05) is 12.1 Å². The van der Waals surface area contributed by atoms with E-state index in [4.69, 9.17) is 4.74 Å². The number of anilines is 3. The van der Waals surface area contributed by atoms with Crippen molar-refractivity contribution in [2.75, 3.05) is 23.8 Å². The standard InChI is InChI=1S/C18H15F2N5O/c19-14-4-2-1-3-13(14)18-24-16(22-11-5-6-21-15(20)7-11)8-17(25-18)23-12-9-26-10-12/h1-8,12H,9-10H2,(H2,21,22,23,24,25). The van der Waals surface area contributed by atoms with Gasteiger partial charge in [-0.25, -0.2) is 19.3 Å². The van der Waals surface area contributed by atoms with Crippen LogP contribution in [0.1, 0.15) is 0 Å². The van der Waals surface area contributed by atoms with Gasteiger partial charge in [-0.3, -0.25) is 0 Å². The molecule has 1 fully saturated rings. The average Bonchev–Trinajstić information content (AvgIpc) is 2.58. The summed E-state index contributed by atoms with van der Waals surface area (Å²) < 4.78 is 32.6. The molecule has 1 saturated heterocycles. The zero-order valence-electron chi connectivity index (χ0n) is 13.6. The fourth-order valence-corrected chi connectivity index (χ4v) is 2.50. The molecule has 2 aromatic heterocycles. The molecule has 132 valence electrons. The van der Waals surface area contributed by atoms with Gasteiger partial charge in [0.25, 0.3) is 0 Å². The van der Waals surface area contributed by atoms with Crippen LogP contribution in [0.4, 0.5) is 26.1 Å². The van der Waals surface area contributed by atoms with Crippen molar-refractivity contribution in [2.45, 2.75) is 6.04 Å². The third-order valence-corrected chi connectivity index (χ3v) is 3.83. The van der Waals surface area contributed by atoms with Crippen LogP contribution in [0.2, 0.25) is 0 Å². The van der Waals surface area contributed by atoms with E-state index in [9.17, 15) is 8.78 Å². The smallest absolute Gasteiger partial charge is 0.214 e. The van der Waals surface area contributed by atoms with Crippen LogP contribution in [0.15, 0.2) is 48.7 Å². The Morgan fingerprint density at radius 1 is 1.00 bits per heavy atom. The monoisotopic (exact) mass is 355 g/mol. The fourth-order valence-electron chi connectivity index (χ4n) is 2.50. The lowest BCUT2D eigenvalue weighted by Gasteiger charge is -2.27. The van der Waals surface area contributed by atoms with E-state index in [0.29, 0.717) is 30.5 Å². The second-order valence-corrected chi connectivity index (χ2v) is 5.81. The SMILES string of the molecule is Fc1cc(Nc2cc(NC3COC3)nc(-c3ccccc3F)n2)ccn1. The number of pyridine rings is 1. The van der Waals surface area contributed by atoms with Crippen molar-refractivity contribution in [3.8, 4) is 11.4 Å². The highest BCUT2D eigenvalue weighted by Gasteiger charge is 2.19. The first kappa shape index (κ1) is 16.3. The van der Waals surface area contributed by atoms with E-state index in [0.717, 1.165) is 0 Å². The maximum absolute atomic E-state index is 14.2. The number of benzene rings is 1. The van der Waals surface area contributed by atoms with Gasteiger partial charge in [-0.2, -0.15) is 4.39 Å². The molecule has 6 nitrogen and oxygen atoms in total. The Balaban J connectivity index is 1.71. The third kappa shape index (κ3) is 3.60. The van der Waals surface area contributed by atoms with E-state index in [1.165, 1.54) is 18.3 Å². The normalized spacial score (nSPS) is 13.9. The number of rotatable bonds is 5. The van der Waals surface area contributed by atoms with E-state index < -0.39 is 11.8 Å². The van der Waals surface area contributed by atoms with Gasteiger partial charge in [0.1, 0.15) is 17.5 Å². The lowest BCUT2D eigenvalue weighted by molar-refractivity contribution is 0.0209. The Morgan fingerprint density at radius 2 is 1.81 bits per heavy atom. The topological polar surface area (TPSA) is 72.0 Å². The number of aromatic nitrogens is 3. The van der Waals surface area contributed by atoms with Gasteiger partial charge in [0.15, 0.2) is 5.82 Å². The second kappa shape index (κ2) is 7.01. The van der Waals surface area contributed by atoms with Gasteiger partial charge >= 0.3 is 0 Å². The summed E-state index contributed by atoms with van der Waals surface area (Å²) in [4.78, 5) is 12.3. The summed E-state index contributed by atoms with van der Waals surface area (Å²) >= 11 is 0. The predicted molar refractivity (Wildman–Crippen MR) is 93.1 cm³/mol. The number of nitrogens with zero attached hydrogens (tertiary/aromatic N) is 3. The minimum absolute atomic E-state index is 0.143. The highest BCUT2D eigenvalue weighted by atomic mass is 19.1. The van der Waals surface area contributed by atoms with Gasteiger partial charge in [0.2, 0.25) is 5.95 Å². The van der Waals surface area contributed by atoms with E-state index >= 15 is 0 Å². The first-order valence-corrected chi connectivity index (χ1v) is 8.04. The molecule has 3 aromatic rings. The van der Waals surface area contributed by atoms with E-state index in [1.54, 1.807) is 30.3 Å². The number of ether oxygens (including phenoxy) is 1. The molecule has 0 aliphatic carbocycles. The third-order valence-electron chi connectivity index (χ3n) is 3.83. The number of nitrogens with one attached hydrogen (secondary N) is 2. The van der Waals surface area contributed by atoms with Crippen molar-refractivity contribution in [3.63, 3.8) is 0 Å². The quantitative estimate of drug-likeness (QED) is 0.684. The molecule has 0 bridgehead atoms. The van der Waals surface area contributed by atoms with Crippen molar-refractivity contribution in [3.05, 3.63) is 60.4 Å². The molecule has 1 aliphatic heterocycles. The van der Waals surface area contributed by atoms with Crippen molar-refractivity contribution >= 4 is 17.3 Å². The zero-order valence-corrected chi connectivity index (χ0v) is 13.6. The summed E-state index contributed by atoms with van der Waals surface area (Å²) in [5.74, 6) is 0.140. The molecule has 0 unspecified atom stereocenters. The second-order valence-electron chi connectivity index (χ2n) is 5.81. The van der Waals surface area contributed by atoms with Gasteiger partial charge in [0.05, 0.1) is 24.8 Å². The lowest BCUT2D eigenvalue weighted by Crippen LogP contribution is -2.40. The fraction of sp³-hybridized carbons (Fsp3) is 0.167. The lowest BCUT2D eigenvalue weighted by atomic mass is 10.2. The largest absolute Gasteiger partial charge is 0.377 e. The molecular formula is C18H15F2N5O. The van der Waals surface area contributed by atoms with Gasteiger partial charge < -0.3 is 15.4 Å². The molecule has 0 spiro atoms. The molecule has 3 heterocycles. The molecule has 26 heavy (non-hydrogen) atoms. The van der Waals surface area contributed by atoms with Crippen LogP contribution >= 0.6 is 0 Å². The van der Waals surface area contributed by atoms with Crippen molar-refractivity contribution in [1.82, 2.24) is 15.0 Å². The summed E-state index contributed by atoms with van der Waals surface area (Å²) in [5.41, 5.74) is 0.763. The minimum atomic E-state index is -0.608. The zero-order chi connectivity index (χ0) is 17.9. The molecule has 0 atom stereocenters. The predicted octanol–water partition coefficient (Wildman–Crippen LogP) is 3.37. The first-order valence-electron chi connectivity index (χ1n) is 8.04. The average molecular weight is 355 g/mol. The summed E-state index contributed by atoms with van der Waals surface area (Å²) in [7, 11) is 0. The Morgan fingerprint density at radius 3 is 2.54 bits per heavy atom. The Bertz CT molecular complexity index is 933. The Kier molecular flexibility index (Phi) is 4.40. The summed E-state index contributed by atoms with van der Waals surface area (Å²) in [6.45, 7) is 1.16.